The molecule has 9 heteroatoms. The van der Waals surface area contributed by atoms with Crippen LogP contribution in [0.2, 0.25) is 0 Å². The van der Waals surface area contributed by atoms with Gasteiger partial charge >= 0.3 is 0 Å². The number of carbonyl (C=O) groups is 1. The highest BCUT2D eigenvalue weighted by Gasteiger charge is 2.17. The van der Waals surface area contributed by atoms with E-state index in [0.29, 0.717) is 24.9 Å². The molecule has 2 N–H and O–H groups in total. The first kappa shape index (κ1) is 26.8. The van der Waals surface area contributed by atoms with E-state index in [1.165, 1.54) is 6.08 Å². The van der Waals surface area contributed by atoms with Crippen molar-refractivity contribution in [2.75, 3.05) is 10.6 Å². The highest BCUT2D eigenvalue weighted by molar-refractivity contribution is 5.97. The molecular weight excluding hydrogens is 524 g/mol. The molecule has 0 saturated carbocycles. The zero-order valence-corrected chi connectivity index (χ0v) is 23.5. The number of aromatic nitrogens is 6. The maximum atomic E-state index is 11.9. The fraction of sp³-hybridized carbons (Fsp3) is 0.152. The van der Waals surface area contributed by atoms with Gasteiger partial charge in [0.1, 0.15) is 0 Å². The lowest BCUT2D eigenvalue weighted by atomic mass is 9.97. The predicted octanol–water partition coefficient (Wildman–Crippen LogP) is 6.51. The molecule has 4 heterocycles. The van der Waals surface area contributed by atoms with Gasteiger partial charge in [0.25, 0.3) is 0 Å². The van der Waals surface area contributed by atoms with E-state index in [0.717, 1.165) is 50.1 Å². The summed E-state index contributed by atoms with van der Waals surface area (Å²) in [7, 11) is 0. The van der Waals surface area contributed by atoms with Gasteiger partial charge in [-0.15, -0.1) is 0 Å². The summed E-state index contributed by atoms with van der Waals surface area (Å²) in [6, 6.07) is 20.0. The molecule has 4 aromatic heterocycles. The number of allylic oxidation sites excluding steroid dienone is 1. The molecule has 0 radical (unpaired) electrons. The van der Waals surface area contributed by atoms with Crippen LogP contribution in [0.5, 0.6) is 0 Å². The van der Waals surface area contributed by atoms with Crippen LogP contribution in [0.1, 0.15) is 36.5 Å². The lowest BCUT2D eigenvalue weighted by Crippen LogP contribution is -2.11. The van der Waals surface area contributed by atoms with Crippen molar-refractivity contribution in [2.24, 2.45) is 0 Å². The molecule has 9 nitrogen and oxygen atoms in total. The molecule has 6 aromatic rings. The molecule has 0 amide bonds. The molecule has 0 aliphatic heterocycles. The van der Waals surface area contributed by atoms with Gasteiger partial charge in [0, 0.05) is 53.8 Å². The molecule has 0 aliphatic rings. The molecular formula is C33H30N8O. The normalized spacial score (nSPS) is 11.2. The SMILES string of the molecule is C=CC(=O)Cc1ccc2c(-c3ccccc3CNc3nc(Nc4ccncc4)nc4c(C(C)C)cnn34)nccc2c1. The Morgan fingerprint density at radius 1 is 1.02 bits per heavy atom. The molecule has 0 bridgehead atoms. The van der Waals surface area contributed by atoms with Gasteiger partial charge < -0.3 is 10.6 Å². The molecule has 208 valence electrons. The van der Waals surface area contributed by atoms with Gasteiger partial charge in [0.05, 0.1) is 11.9 Å². The Labute approximate surface area is 243 Å². The molecule has 42 heavy (non-hydrogen) atoms. The van der Waals surface area contributed by atoms with E-state index >= 15 is 0 Å². The summed E-state index contributed by atoms with van der Waals surface area (Å²) >= 11 is 0. The first-order chi connectivity index (χ1) is 20.5. The van der Waals surface area contributed by atoms with Crippen LogP contribution in [0.3, 0.4) is 0 Å². The van der Waals surface area contributed by atoms with Crippen molar-refractivity contribution in [2.45, 2.75) is 32.7 Å². The maximum absolute atomic E-state index is 11.9. The van der Waals surface area contributed by atoms with Gasteiger partial charge in [-0.3, -0.25) is 14.8 Å². The Morgan fingerprint density at radius 3 is 2.67 bits per heavy atom. The van der Waals surface area contributed by atoms with Gasteiger partial charge in [-0.05, 0) is 46.7 Å². The molecule has 6 rings (SSSR count). The van der Waals surface area contributed by atoms with Crippen LogP contribution in [0, 0.1) is 0 Å². The fourth-order valence-electron chi connectivity index (χ4n) is 4.94. The Kier molecular flexibility index (Phi) is 7.38. The largest absolute Gasteiger partial charge is 0.350 e. The summed E-state index contributed by atoms with van der Waals surface area (Å²) in [5, 5.41) is 13.4. The molecule has 0 fully saturated rings. The van der Waals surface area contributed by atoms with Gasteiger partial charge in [-0.1, -0.05) is 62.9 Å². The number of nitrogens with one attached hydrogen (secondary N) is 2. The van der Waals surface area contributed by atoms with Crippen molar-refractivity contribution in [1.82, 2.24) is 29.5 Å². The average Bonchev–Trinajstić information content (AvgIpc) is 3.45. The topological polar surface area (TPSA) is 110 Å². The number of nitrogens with zero attached hydrogens (tertiary/aromatic N) is 6. The number of ketones is 1. The van der Waals surface area contributed by atoms with Crippen LogP contribution in [-0.4, -0.2) is 35.3 Å². The second-order valence-electron chi connectivity index (χ2n) is 10.3. The number of anilines is 3. The van der Waals surface area contributed by atoms with Crippen molar-refractivity contribution >= 4 is 39.8 Å². The van der Waals surface area contributed by atoms with E-state index in [1.54, 1.807) is 16.9 Å². The summed E-state index contributed by atoms with van der Waals surface area (Å²) in [6.45, 7) is 8.31. The predicted molar refractivity (Wildman–Crippen MR) is 166 cm³/mol. The van der Waals surface area contributed by atoms with Gasteiger partial charge in [-0.25, -0.2) is 0 Å². The summed E-state index contributed by atoms with van der Waals surface area (Å²) < 4.78 is 1.75. The first-order valence-electron chi connectivity index (χ1n) is 13.8. The Morgan fingerprint density at radius 2 is 1.86 bits per heavy atom. The molecule has 0 aliphatic carbocycles. The third kappa shape index (κ3) is 5.44. The summed E-state index contributed by atoms with van der Waals surface area (Å²) in [5.74, 6) is 1.28. The van der Waals surface area contributed by atoms with Gasteiger partial charge in [0.2, 0.25) is 11.9 Å². The lowest BCUT2D eigenvalue weighted by Gasteiger charge is -2.14. The second-order valence-corrected chi connectivity index (χ2v) is 10.3. The number of hydrogen-bond donors (Lipinski definition) is 2. The number of carbonyl (C=O) groups excluding carboxylic acids is 1. The number of hydrogen-bond acceptors (Lipinski definition) is 8. The third-order valence-corrected chi connectivity index (χ3v) is 7.10. The van der Waals surface area contributed by atoms with E-state index in [-0.39, 0.29) is 11.7 Å². The summed E-state index contributed by atoms with van der Waals surface area (Å²) in [6.07, 6.45) is 8.79. The standard InChI is InChI=1S/C33H30N8O/c1-4-26(42)18-22-9-10-28-23(17-22)11-16-35-30(28)27-8-6-5-7-24(27)19-36-33-40-32(38-25-12-14-34-15-13-25)39-31-29(21(2)3)20-37-41(31)33/h4-17,20-21H,1,18-19H2,2-3H3,(H2,34,36,38,39,40). The fourth-order valence-corrected chi connectivity index (χ4v) is 4.94. The smallest absolute Gasteiger partial charge is 0.232 e. The van der Waals surface area contributed by atoms with Crippen LogP contribution in [0.25, 0.3) is 27.7 Å². The van der Waals surface area contributed by atoms with Crippen molar-refractivity contribution in [1.29, 1.82) is 0 Å². The monoisotopic (exact) mass is 554 g/mol. The quantitative estimate of drug-likeness (QED) is 0.184. The summed E-state index contributed by atoms with van der Waals surface area (Å²) in [4.78, 5) is 30.3. The Bertz CT molecular complexity index is 1910. The minimum atomic E-state index is -0.00397. The molecule has 0 unspecified atom stereocenters. The number of rotatable bonds is 10. The van der Waals surface area contributed by atoms with E-state index in [1.807, 2.05) is 60.9 Å². The van der Waals surface area contributed by atoms with Crippen LogP contribution in [0.4, 0.5) is 17.6 Å². The van der Waals surface area contributed by atoms with Crippen LogP contribution in [0.15, 0.2) is 98.1 Å². The Balaban J connectivity index is 1.35. The third-order valence-electron chi connectivity index (χ3n) is 7.10. The molecule has 0 atom stereocenters. The number of pyridine rings is 2. The zero-order chi connectivity index (χ0) is 29.1. The highest BCUT2D eigenvalue weighted by Crippen LogP contribution is 2.31. The average molecular weight is 555 g/mol. The summed E-state index contributed by atoms with van der Waals surface area (Å²) in [5.41, 5.74) is 6.50. The lowest BCUT2D eigenvalue weighted by molar-refractivity contribution is -0.114. The van der Waals surface area contributed by atoms with Crippen LogP contribution in [-0.2, 0) is 17.8 Å². The maximum Gasteiger partial charge on any atom is 0.232 e. The van der Waals surface area contributed by atoms with E-state index < -0.39 is 0 Å². The van der Waals surface area contributed by atoms with Crippen molar-refractivity contribution in [3.63, 3.8) is 0 Å². The van der Waals surface area contributed by atoms with Crippen molar-refractivity contribution in [3.8, 4) is 11.3 Å². The number of fused-ring (bicyclic) bond motifs is 2. The van der Waals surface area contributed by atoms with Crippen molar-refractivity contribution < 1.29 is 4.79 Å². The minimum Gasteiger partial charge on any atom is -0.350 e. The first-order valence-corrected chi connectivity index (χ1v) is 13.8. The highest BCUT2D eigenvalue weighted by atomic mass is 16.1. The van der Waals surface area contributed by atoms with Gasteiger partial charge in [-0.2, -0.15) is 19.6 Å². The van der Waals surface area contributed by atoms with E-state index in [4.69, 9.17) is 15.0 Å². The minimum absolute atomic E-state index is 0.00397. The zero-order valence-electron chi connectivity index (χ0n) is 23.5. The second kappa shape index (κ2) is 11.6. The molecule has 0 spiro atoms. The van der Waals surface area contributed by atoms with Crippen LogP contribution >= 0.6 is 0 Å². The molecule has 2 aromatic carbocycles. The number of benzene rings is 2. The molecule has 0 saturated heterocycles. The van der Waals surface area contributed by atoms with Crippen molar-refractivity contribution in [3.05, 3.63) is 115 Å². The van der Waals surface area contributed by atoms with Crippen LogP contribution < -0.4 is 10.6 Å². The van der Waals surface area contributed by atoms with E-state index in [9.17, 15) is 4.79 Å². The van der Waals surface area contributed by atoms with Gasteiger partial charge in [0.15, 0.2) is 11.4 Å². The van der Waals surface area contributed by atoms with E-state index in [2.05, 4.69) is 53.3 Å². The Hall–Kier alpha value is -5.44.